The van der Waals surface area contributed by atoms with E-state index in [2.05, 4.69) is 15.2 Å². The number of aromatic nitrogens is 2. The molecule has 0 spiro atoms. The van der Waals surface area contributed by atoms with Gasteiger partial charge in [0.05, 0.1) is 24.1 Å². The third kappa shape index (κ3) is 3.81. The molecular weight excluding hydrogens is 404 g/mol. The number of fused-ring (bicyclic) bond motifs is 1. The van der Waals surface area contributed by atoms with Crippen LogP contribution in [0.3, 0.4) is 0 Å². The average molecular weight is 429 g/mol. The van der Waals surface area contributed by atoms with E-state index < -0.39 is 0 Å². The summed E-state index contributed by atoms with van der Waals surface area (Å²) in [5.74, 6) is 2.68. The number of nitrogens with zero attached hydrogens (tertiary/aromatic N) is 3. The Bertz CT molecular complexity index is 1110. The van der Waals surface area contributed by atoms with Gasteiger partial charge in [-0.3, -0.25) is 4.79 Å². The third-order valence-corrected chi connectivity index (χ3v) is 5.87. The van der Waals surface area contributed by atoms with Crippen molar-refractivity contribution in [2.75, 3.05) is 30.4 Å². The number of benzene rings is 1. The number of hydrogen-bond donors (Lipinski definition) is 1. The summed E-state index contributed by atoms with van der Waals surface area (Å²) in [6, 6.07) is 5.18. The SMILES string of the molecule is COc1ccc(Cl)cc1NC(=O)[C@H]1CCCN(c2nc(C)nc3oc(C)c(C)c23)C1. The first-order chi connectivity index (χ1) is 14.4. The number of ether oxygens (including phenoxy) is 1. The van der Waals surface area contributed by atoms with Crippen LogP contribution >= 0.6 is 11.6 Å². The maximum Gasteiger partial charge on any atom is 0.231 e. The van der Waals surface area contributed by atoms with Gasteiger partial charge in [-0.2, -0.15) is 4.98 Å². The lowest BCUT2D eigenvalue weighted by molar-refractivity contribution is -0.120. The molecule has 4 rings (SSSR count). The van der Waals surface area contributed by atoms with E-state index in [9.17, 15) is 4.79 Å². The second kappa shape index (κ2) is 8.14. The highest BCUT2D eigenvalue weighted by molar-refractivity contribution is 6.31. The van der Waals surface area contributed by atoms with Crippen LogP contribution in [0.15, 0.2) is 22.6 Å². The summed E-state index contributed by atoms with van der Waals surface area (Å²) in [5.41, 5.74) is 2.21. The van der Waals surface area contributed by atoms with E-state index in [0.717, 1.165) is 41.9 Å². The standard InChI is InChI=1S/C22H25ClN4O3/c1-12-13(2)30-22-19(12)20(24-14(3)25-22)27-9-5-6-15(11-27)21(28)26-17-10-16(23)7-8-18(17)29-4/h7-8,10,15H,5-6,9,11H2,1-4H3,(H,26,28)/t15-/m0/s1. The van der Waals surface area contributed by atoms with Crippen LogP contribution < -0.4 is 15.0 Å². The topological polar surface area (TPSA) is 80.5 Å². The molecule has 0 unspecified atom stereocenters. The molecule has 3 heterocycles. The van der Waals surface area contributed by atoms with Crippen LogP contribution in [0.4, 0.5) is 11.5 Å². The molecule has 1 aromatic carbocycles. The number of carbonyl (C=O) groups excluding carboxylic acids is 1. The first-order valence-electron chi connectivity index (χ1n) is 10.0. The zero-order valence-electron chi connectivity index (χ0n) is 17.6. The lowest BCUT2D eigenvalue weighted by Gasteiger charge is -2.33. The highest BCUT2D eigenvalue weighted by Crippen LogP contribution is 2.34. The maximum absolute atomic E-state index is 13.0. The van der Waals surface area contributed by atoms with Gasteiger partial charge in [0.15, 0.2) is 0 Å². The Hall–Kier alpha value is -2.80. The predicted octanol–water partition coefficient (Wildman–Crippen LogP) is 4.67. The van der Waals surface area contributed by atoms with Crippen molar-refractivity contribution >= 4 is 40.1 Å². The minimum atomic E-state index is -0.180. The maximum atomic E-state index is 13.0. The molecule has 8 heteroatoms. The minimum Gasteiger partial charge on any atom is -0.495 e. The van der Waals surface area contributed by atoms with Crippen molar-refractivity contribution in [3.63, 3.8) is 0 Å². The van der Waals surface area contributed by atoms with Gasteiger partial charge in [0, 0.05) is 23.7 Å². The van der Waals surface area contributed by atoms with Gasteiger partial charge in [-0.1, -0.05) is 11.6 Å². The van der Waals surface area contributed by atoms with Crippen LogP contribution in [-0.2, 0) is 4.79 Å². The summed E-state index contributed by atoms with van der Waals surface area (Å²) in [6.07, 6.45) is 1.70. The van der Waals surface area contributed by atoms with Gasteiger partial charge in [-0.15, -0.1) is 0 Å². The van der Waals surface area contributed by atoms with E-state index in [0.29, 0.717) is 34.5 Å². The fraction of sp³-hybridized carbons (Fsp3) is 0.409. The van der Waals surface area contributed by atoms with Crippen LogP contribution in [0.5, 0.6) is 5.75 Å². The molecule has 1 amide bonds. The number of amides is 1. The van der Waals surface area contributed by atoms with Gasteiger partial charge in [-0.05, 0) is 51.8 Å². The zero-order valence-corrected chi connectivity index (χ0v) is 18.3. The number of rotatable bonds is 4. The van der Waals surface area contributed by atoms with E-state index in [1.807, 2.05) is 20.8 Å². The Morgan fingerprint density at radius 2 is 2.10 bits per heavy atom. The van der Waals surface area contributed by atoms with Crippen LogP contribution in [0.25, 0.3) is 11.1 Å². The monoisotopic (exact) mass is 428 g/mol. The lowest BCUT2D eigenvalue weighted by atomic mass is 9.96. The van der Waals surface area contributed by atoms with Crippen LogP contribution in [0.1, 0.15) is 30.0 Å². The summed E-state index contributed by atoms with van der Waals surface area (Å²) in [7, 11) is 1.57. The van der Waals surface area contributed by atoms with Gasteiger partial charge in [-0.25, -0.2) is 4.98 Å². The Morgan fingerprint density at radius 1 is 1.30 bits per heavy atom. The Balaban J connectivity index is 1.59. The van der Waals surface area contributed by atoms with Crippen molar-refractivity contribution < 1.29 is 13.9 Å². The molecule has 1 aliphatic rings. The quantitative estimate of drug-likeness (QED) is 0.650. The normalized spacial score (nSPS) is 16.7. The Kier molecular flexibility index (Phi) is 5.56. The predicted molar refractivity (Wildman–Crippen MR) is 118 cm³/mol. The molecule has 0 radical (unpaired) electrons. The molecule has 1 N–H and O–H groups in total. The number of halogens is 1. The molecule has 158 valence electrons. The van der Waals surface area contributed by atoms with E-state index >= 15 is 0 Å². The Morgan fingerprint density at radius 3 is 2.87 bits per heavy atom. The molecule has 0 saturated carbocycles. The summed E-state index contributed by atoms with van der Waals surface area (Å²) < 4.78 is 11.2. The van der Waals surface area contributed by atoms with Crippen molar-refractivity contribution in [1.29, 1.82) is 0 Å². The van der Waals surface area contributed by atoms with Crippen LogP contribution in [0.2, 0.25) is 5.02 Å². The molecule has 7 nitrogen and oxygen atoms in total. The fourth-order valence-electron chi connectivity index (χ4n) is 3.96. The van der Waals surface area contributed by atoms with Crippen molar-refractivity contribution in [3.8, 4) is 5.75 Å². The van der Waals surface area contributed by atoms with E-state index in [1.165, 1.54) is 0 Å². The molecule has 30 heavy (non-hydrogen) atoms. The van der Waals surface area contributed by atoms with E-state index in [1.54, 1.807) is 25.3 Å². The number of aryl methyl sites for hydroxylation is 3. The average Bonchev–Trinajstić information content (AvgIpc) is 3.01. The lowest BCUT2D eigenvalue weighted by Crippen LogP contribution is -2.41. The molecular formula is C22H25ClN4O3. The largest absolute Gasteiger partial charge is 0.495 e. The number of piperidine rings is 1. The molecule has 2 aromatic heterocycles. The van der Waals surface area contributed by atoms with Crippen molar-refractivity contribution in [1.82, 2.24) is 9.97 Å². The van der Waals surface area contributed by atoms with Gasteiger partial charge in [0.25, 0.3) is 0 Å². The second-order valence-electron chi connectivity index (χ2n) is 7.68. The van der Waals surface area contributed by atoms with Gasteiger partial charge >= 0.3 is 0 Å². The number of furan rings is 1. The van der Waals surface area contributed by atoms with Crippen molar-refractivity contribution in [2.45, 2.75) is 33.6 Å². The molecule has 0 aliphatic carbocycles. The first-order valence-corrected chi connectivity index (χ1v) is 10.4. The third-order valence-electron chi connectivity index (χ3n) is 5.63. The van der Waals surface area contributed by atoms with Crippen LogP contribution in [-0.4, -0.2) is 36.1 Å². The minimum absolute atomic E-state index is 0.0533. The van der Waals surface area contributed by atoms with Gasteiger partial charge in [0.2, 0.25) is 11.6 Å². The molecule has 1 atom stereocenters. The number of anilines is 2. The summed E-state index contributed by atoms with van der Waals surface area (Å²) in [6.45, 7) is 7.21. The molecule has 1 saturated heterocycles. The summed E-state index contributed by atoms with van der Waals surface area (Å²) in [4.78, 5) is 24.3. The molecule has 1 aliphatic heterocycles. The zero-order chi connectivity index (χ0) is 21.4. The molecule has 3 aromatic rings. The second-order valence-corrected chi connectivity index (χ2v) is 8.11. The highest BCUT2D eigenvalue weighted by atomic mass is 35.5. The Labute approximate surface area is 180 Å². The summed E-state index contributed by atoms with van der Waals surface area (Å²) >= 11 is 6.10. The number of carbonyl (C=O) groups is 1. The van der Waals surface area contributed by atoms with Crippen molar-refractivity contribution in [2.24, 2.45) is 5.92 Å². The number of hydrogen-bond acceptors (Lipinski definition) is 6. The molecule has 1 fully saturated rings. The smallest absolute Gasteiger partial charge is 0.231 e. The first kappa shape index (κ1) is 20.5. The number of methoxy groups -OCH3 is 1. The fourth-order valence-corrected chi connectivity index (χ4v) is 4.13. The number of nitrogens with one attached hydrogen (secondary N) is 1. The highest BCUT2D eigenvalue weighted by Gasteiger charge is 2.29. The van der Waals surface area contributed by atoms with E-state index in [4.69, 9.17) is 25.7 Å². The van der Waals surface area contributed by atoms with Crippen molar-refractivity contribution in [3.05, 3.63) is 40.4 Å². The van der Waals surface area contributed by atoms with Gasteiger partial charge in [0.1, 0.15) is 23.2 Å². The van der Waals surface area contributed by atoms with Gasteiger partial charge < -0.3 is 19.4 Å². The molecule has 0 bridgehead atoms. The summed E-state index contributed by atoms with van der Waals surface area (Å²) in [5, 5.41) is 4.45. The van der Waals surface area contributed by atoms with E-state index in [-0.39, 0.29) is 11.8 Å². The van der Waals surface area contributed by atoms with Crippen LogP contribution in [0, 0.1) is 26.7 Å².